The van der Waals surface area contributed by atoms with Crippen molar-refractivity contribution < 1.29 is 23.8 Å². The predicted molar refractivity (Wildman–Crippen MR) is 80.6 cm³/mol. The highest BCUT2D eigenvalue weighted by atomic mass is 32.1. The number of ether oxygens (including phenoxy) is 3. The quantitative estimate of drug-likeness (QED) is 0.876. The molecular formula is C15H13NO5S. The monoisotopic (exact) mass is 319 g/mol. The van der Waals surface area contributed by atoms with Gasteiger partial charge in [0.15, 0.2) is 11.5 Å². The van der Waals surface area contributed by atoms with Gasteiger partial charge in [-0.1, -0.05) is 6.07 Å². The number of hydrogen-bond acceptors (Lipinski definition) is 6. The number of amides is 1. The van der Waals surface area contributed by atoms with Crippen molar-refractivity contribution in [3.05, 3.63) is 40.8 Å². The maximum absolute atomic E-state index is 12.1. The van der Waals surface area contributed by atoms with E-state index in [1.807, 2.05) is 6.07 Å². The van der Waals surface area contributed by atoms with Crippen LogP contribution in [0.25, 0.3) is 0 Å². The third-order valence-electron chi connectivity index (χ3n) is 3.13. The first kappa shape index (κ1) is 14.4. The Labute approximate surface area is 130 Å². The van der Waals surface area contributed by atoms with Gasteiger partial charge in [0.2, 0.25) is 12.7 Å². The van der Waals surface area contributed by atoms with Gasteiger partial charge in [-0.15, -0.1) is 11.3 Å². The van der Waals surface area contributed by atoms with Crippen molar-refractivity contribution in [2.45, 2.75) is 6.42 Å². The minimum Gasteiger partial charge on any atom is -0.465 e. The van der Waals surface area contributed by atoms with Crippen LogP contribution < -0.4 is 14.8 Å². The number of anilines is 1. The maximum atomic E-state index is 12.1. The summed E-state index contributed by atoms with van der Waals surface area (Å²) < 4.78 is 15.2. The minimum atomic E-state index is -0.473. The Bertz CT molecular complexity index is 724. The van der Waals surface area contributed by atoms with Gasteiger partial charge in [0, 0.05) is 0 Å². The first-order valence-electron chi connectivity index (χ1n) is 6.51. The molecule has 0 fully saturated rings. The van der Waals surface area contributed by atoms with Gasteiger partial charge in [-0.3, -0.25) is 4.79 Å². The fourth-order valence-corrected chi connectivity index (χ4v) is 2.88. The van der Waals surface area contributed by atoms with Crippen molar-refractivity contribution in [2.24, 2.45) is 0 Å². The molecule has 22 heavy (non-hydrogen) atoms. The molecule has 1 aliphatic rings. The minimum absolute atomic E-state index is 0.176. The van der Waals surface area contributed by atoms with Gasteiger partial charge in [0.05, 0.1) is 19.1 Å². The molecule has 0 spiro atoms. The second-order valence-corrected chi connectivity index (χ2v) is 5.48. The first-order valence-corrected chi connectivity index (χ1v) is 7.39. The van der Waals surface area contributed by atoms with Gasteiger partial charge in [0.1, 0.15) is 5.00 Å². The molecule has 1 aliphatic heterocycles. The Hall–Kier alpha value is -2.54. The molecule has 6 nitrogen and oxygen atoms in total. The average molecular weight is 319 g/mol. The van der Waals surface area contributed by atoms with Gasteiger partial charge in [0.25, 0.3) is 0 Å². The molecule has 0 saturated heterocycles. The van der Waals surface area contributed by atoms with E-state index in [9.17, 15) is 9.59 Å². The average Bonchev–Trinajstić information content (AvgIpc) is 3.14. The second-order valence-electron chi connectivity index (χ2n) is 4.57. The standard InChI is InChI=1S/C15H13NO5S/c1-19-15(18)10-4-5-22-14(10)16-13(17)7-9-2-3-11-12(6-9)21-8-20-11/h2-6H,7-8H2,1H3,(H,16,17). The summed E-state index contributed by atoms with van der Waals surface area (Å²) in [6, 6.07) is 6.98. The lowest BCUT2D eigenvalue weighted by Gasteiger charge is -2.06. The normalized spacial score (nSPS) is 12.0. The van der Waals surface area contributed by atoms with Crippen LogP contribution in [0, 0.1) is 0 Å². The highest BCUT2D eigenvalue weighted by Crippen LogP contribution is 2.32. The van der Waals surface area contributed by atoms with Crippen LogP contribution >= 0.6 is 11.3 Å². The van der Waals surface area contributed by atoms with Gasteiger partial charge < -0.3 is 19.5 Å². The number of benzene rings is 1. The number of rotatable bonds is 4. The largest absolute Gasteiger partial charge is 0.465 e. The van der Waals surface area contributed by atoms with Crippen LogP contribution in [-0.2, 0) is 16.0 Å². The number of methoxy groups -OCH3 is 1. The summed E-state index contributed by atoms with van der Waals surface area (Å²) in [5, 5.41) is 4.94. The topological polar surface area (TPSA) is 73.9 Å². The van der Waals surface area contributed by atoms with Crippen LogP contribution in [-0.4, -0.2) is 25.8 Å². The lowest BCUT2D eigenvalue weighted by atomic mass is 10.1. The van der Waals surface area contributed by atoms with E-state index < -0.39 is 5.97 Å². The summed E-state index contributed by atoms with van der Waals surface area (Å²) in [6.07, 6.45) is 0.176. The van der Waals surface area contributed by atoms with E-state index in [4.69, 9.17) is 9.47 Å². The number of fused-ring (bicyclic) bond motifs is 1. The molecule has 1 aromatic carbocycles. The molecule has 0 saturated carbocycles. The summed E-state index contributed by atoms with van der Waals surface area (Å²) in [5.74, 6) is 0.623. The van der Waals surface area contributed by atoms with Crippen molar-refractivity contribution in [3.8, 4) is 11.5 Å². The number of carbonyl (C=O) groups is 2. The Morgan fingerprint density at radius 1 is 1.27 bits per heavy atom. The smallest absolute Gasteiger partial charge is 0.340 e. The predicted octanol–water partition coefficient (Wildman–Crippen LogP) is 2.44. The molecule has 0 radical (unpaired) electrons. The van der Waals surface area contributed by atoms with Crippen LogP contribution in [0.15, 0.2) is 29.6 Å². The van der Waals surface area contributed by atoms with Crippen molar-refractivity contribution in [1.82, 2.24) is 0 Å². The molecule has 114 valence electrons. The van der Waals surface area contributed by atoms with Crippen LogP contribution in [0.4, 0.5) is 5.00 Å². The van der Waals surface area contributed by atoms with Crippen molar-refractivity contribution >= 4 is 28.2 Å². The van der Waals surface area contributed by atoms with Crippen LogP contribution in [0.2, 0.25) is 0 Å². The van der Waals surface area contributed by atoms with E-state index in [0.29, 0.717) is 22.1 Å². The van der Waals surface area contributed by atoms with Gasteiger partial charge >= 0.3 is 5.97 Å². The van der Waals surface area contributed by atoms with E-state index >= 15 is 0 Å². The molecular weight excluding hydrogens is 306 g/mol. The van der Waals surface area contributed by atoms with E-state index in [-0.39, 0.29) is 19.1 Å². The molecule has 1 aromatic heterocycles. The Balaban J connectivity index is 1.68. The molecule has 2 heterocycles. The van der Waals surface area contributed by atoms with Gasteiger partial charge in [-0.2, -0.15) is 0 Å². The van der Waals surface area contributed by atoms with Crippen LogP contribution in [0.5, 0.6) is 11.5 Å². The molecule has 2 aromatic rings. The third kappa shape index (κ3) is 2.89. The van der Waals surface area contributed by atoms with Crippen LogP contribution in [0.1, 0.15) is 15.9 Å². The second kappa shape index (κ2) is 6.07. The molecule has 0 aliphatic carbocycles. The number of nitrogens with one attached hydrogen (secondary N) is 1. The highest BCUT2D eigenvalue weighted by Gasteiger charge is 2.17. The first-order chi connectivity index (χ1) is 10.7. The summed E-state index contributed by atoms with van der Waals surface area (Å²) in [6.45, 7) is 0.197. The van der Waals surface area contributed by atoms with E-state index in [2.05, 4.69) is 10.1 Å². The summed E-state index contributed by atoms with van der Waals surface area (Å²) in [7, 11) is 1.30. The van der Waals surface area contributed by atoms with Crippen LogP contribution in [0.3, 0.4) is 0 Å². The molecule has 0 bridgehead atoms. The van der Waals surface area contributed by atoms with E-state index in [1.54, 1.807) is 23.6 Å². The molecule has 0 atom stereocenters. The molecule has 3 rings (SSSR count). The van der Waals surface area contributed by atoms with Crippen molar-refractivity contribution in [3.63, 3.8) is 0 Å². The van der Waals surface area contributed by atoms with Gasteiger partial charge in [-0.05, 0) is 29.1 Å². The Kier molecular flexibility index (Phi) is 3.97. The number of carbonyl (C=O) groups excluding carboxylic acids is 2. The summed E-state index contributed by atoms with van der Waals surface area (Å²) in [4.78, 5) is 23.7. The van der Waals surface area contributed by atoms with Crippen molar-refractivity contribution in [2.75, 3.05) is 19.2 Å². The number of thiophene rings is 1. The molecule has 1 N–H and O–H groups in total. The fraction of sp³-hybridized carbons (Fsp3) is 0.200. The summed E-state index contributed by atoms with van der Waals surface area (Å²) >= 11 is 1.27. The maximum Gasteiger partial charge on any atom is 0.340 e. The van der Waals surface area contributed by atoms with Gasteiger partial charge in [-0.25, -0.2) is 4.79 Å². The zero-order valence-corrected chi connectivity index (χ0v) is 12.6. The Morgan fingerprint density at radius 2 is 2.09 bits per heavy atom. The van der Waals surface area contributed by atoms with Crippen molar-refractivity contribution in [1.29, 1.82) is 0 Å². The number of hydrogen-bond donors (Lipinski definition) is 1. The fourth-order valence-electron chi connectivity index (χ4n) is 2.08. The zero-order chi connectivity index (χ0) is 15.5. The molecule has 7 heteroatoms. The lowest BCUT2D eigenvalue weighted by Crippen LogP contribution is -2.15. The van der Waals surface area contributed by atoms with E-state index in [0.717, 1.165) is 5.56 Å². The zero-order valence-electron chi connectivity index (χ0n) is 11.8. The summed E-state index contributed by atoms with van der Waals surface area (Å²) in [5.41, 5.74) is 1.16. The molecule has 0 unspecified atom stereocenters. The SMILES string of the molecule is COC(=O)c1ccsc1NC(=O)Cc1ccc2c(c1)OCO2. The molecule has 1 amide bonds. The highest BCUT2D eigenvalue weighted by molar-refractivity contribution is 7.14. The number of esters is 1. The van der Waals surface area contributed by atoms with E-state index in [1.165, 1.54) is 18.4 Å². The third-order valence-corrected chi connectivity index (χ3v) is 3.95. The Morgan fingerprint density at radius 3 is 2.91 bits per heavy atom. The lowest BCUT2D eigenvalue weighted by molar-refractivity contribution is -0.115.